The number of hydrogen-bond donors (Lipinski definition) is 1. The molecule has 0 saturated carbocycles. The average molecular weight is 261 g/mol. The number of β-amino-alcohol motifs (C(OH)–C–C–N with tert-alkyl or cyclic N) is 1. The molecular formula is C17H27NO. The first-order valence-electron chi connectivity index (χ1n) is 7.55. The van der Waals surface area contributed by atoms with E-state index in [1.165, 1.54) is 24.8 Å². The lowest BCUT2D eigenvalue weighted by Crippen LogP contribution is -2.30. The van der Waals surface area contributed by atoms with Gasteiger partial charge in [-0.25, -0.2) is 0 Å². The predicted octanol–water partition coefficient (Wildman–Crippen LogP) is 3.54. The van der Waals surface area contributed by atoms with E-state index in [9.17, 15) is 5.11 Å². The Labute approximate surface area is 117 Å². The molecule has 1 N–H and O–H groups in total. The quantitative estimate of drug-likeness (QED) is 0.876. The van der Waals surface area contributed by atoms with E-state index in [-0.39, 0.29) is 6.10 Å². The molecule has 1 aliphatic rings. The minimum atomic E-state index is -0.356. The number of likely N-dealkylation sites (tertiary alicyclic amines) is 1. The van der Waals surface area contributed by atoms with Crippen LogP contribution in [0, 0.1) is 12.3 Å². The van der Waals surface area contributed by atoms with Crippen molar-refractivity contribution in [1.29, 1.82) is 0 Å². The Morgan fingerprint density at radius 3 is 2.37 bits per heavy atom. The molecular weight excluding hydrogens is 234 g/mol. The van der Waals surface area contributed by atoms with Gasteiger partial charge in [-0.3, -0.25) is 4.90 Å². The summed E-state index contributed by atoms with van der Waals surface area (Å²) in [6, 6.07) is 8.24. The normalized spacial score (nSPS) is 20.6. The largest absolute Gasteiger partial charge is 0.387 e. The summed E-state index contributed by atoms with van der Waals surface area (Å²) in [6.07, 6.45) is 3.42. The Kier molecular flexibility index (Phi) is 4.64. The fourth-order valence-corrected chi connectivity index (χ4v) is 3.15. The molecule has 0 bridgehead atoms. The molecule has 0 radical (unpaired) electrons. The van der Waals surface area contributed by atoms with Crippen LogP contribution in [0.2, 0.25) is 0 Å². The first-order valence-corrected chi connectivity index (χ1v) is 7.55. The second-order valence-electron chi connectivity index (χ2n) is 6.12. The van der Waals surface area contributed by atoms with E-state index in [1.807, 2.05) is 12.1 Å². The average Bonchev–Trinajstić information content (AvgIpc) is 2.83. The summed E-state index contributed by atoms with van der Waals surface area (Å²) >= 11 is 0. The van der Waals surface area contributed by atoms with E-state index in [1.54, 1.807) is 0 Å². The third kappa shape index (κ3) is 3.37. The summed E-state index contributed by atoms with van der Waals surface area (Å²) in [6.45, 7) is 9.71. The number of nitrogens with zero attached hydrogens (tertiary/aromatic N) is 1. The fourth-order valence-electron chi connectivity index (χ4n) is 3.15. The zero-order valence-corrected chi connectivity index (χ0v) is 12.5. The summed E-state index contributed by atoms with van der Waals surface area (Å²) in [5, 5.41) is 10.3. The van der Waals surface area contributed by atoms with Gasteiger partial charge in [0, 0.05) is 13.1 Å². The molecule has 1 saturated heterocycles. The predicted molar refractivity (Wildman–Crippen MR) is 80.2 cm³/mol. The lowest BCUT2D eigenvalue weighted by molar-refractivity contribution is 0.117. The summed E-state index contributed by atoms with van der Waals surface area (Å²) in [5.74, 6) is 0. The van der Waals surface area contributed by atoms with Gasteiger partial charge in [0.25, 0.3) is 0 Å². The smallest absolute Gasteiger partial charge is 0.0916 e. The fraction of sp³-hybridized carbons (Fsp3) is 0.647. The molecule has 0 aromatic heterocycles. The molecule has 1 aromatic carbocycles. The lowest BCUT2D eigenvalue weighted by Gasteiger charge is -2.27. The molecule has 0 amide bonds. The summed E-state index contributed by atoms with van der Waals surface area (Å²) in [4.78, 5) is 2.43. The van der Waals surface area contributed by atoms with Gasteiger partial charge in [0.1, 0.15) is 0 Å². The molecule has 1 fully saturated rings. The van der Waals surface area contributed by atoms with E-state index < -0.39 is 0 Å². The maximum atomic E-state index is 10.3. The highest BCUT2D eigenvalue weighted by molar-refractivity contribution is 5.23. The topological polar surface area (TPSA) is 23.5 Å². The zero-order valence-electron chi connectivity index (χ0n) is 12.5. The van der Waals surface area contributed by atoms with Gasteiger partial charge < -0.3 is 5.11 Å². The van der Waals surface area contributed by atoms with Crippen LogP contribution in [-0.2, 0) is 0 Å². The number of aliphatic hydroxyl groups excluding tert-OH is 1. The first-order chi connectivity index (χ1) is 9.08. The number of aliphatic hydroxyl groups is 1. The molecule has 2 nitrogen and oxygen atoms in total. The van der Waals surface area contributed by atoms with Crippen LogP contribution in [0.5, 0.6) is 0 Å². The van der Waals surface area contributed by atoms with Crippen molar-refractivity contribution in [3.63, 3.8) is 0 Å². The van der Waals surface area contributed by atoms with E-state index in [4.69, 9.17) is 0 Å². The van der Waals surface area contributed by atoms with Gasteiger partial charge in [0.2, 0.25) is 0 Å². The SMILES string of the molecule is CCC1(CC)CCN(CC(O)c2ccc(C)cc2)C1. The van der Waals surface area contributed by atoms with Crippen molar-refractivity contribution in [2.45, 2.75) is 46.1 Å². The maximum Gasteiger partial charge on any atom is 0.0916 e. The summed E-state index contributed by atoms with van der Waals surface area (Å²) < 4.78 is 0. The van der Waals surface area contributed by atoms with Crippen LogP contribution < -0.4 is 0 Å². The van der Waals surface area contributed by atoms with E-state index in [2.05, 4.69) is 37.8 Å². The van der Waals surface area contributed by atoms with Crippen LogP contribution >= 0.6 is 0 Å². The van der Waals surface area contributed by atoms with Crippen molar-refractivity contribution in [1.82, 2.24) is 4.90 Å². The van der Waals surface area contributed by atoms with Crippen molar-refractivity contribution in [3.8, 4) is 0 Å². The highest BCUT2D eigenvalue weighted by Crippen LogP contribution is 2.37. The molecule has 1 heterocycles. The van der Waals surface area contributed by atoms with Crippen molar-refractivity contribution in [2.24, 2.45) is 5.41 Å². The van der Waals surface area contributed by atoms with Crippen molar-refractivity contribution in [2.75, 3.05) is 19.6 Å². The highest BCUT2D eigenvalue weighted by Gasteiger charge is 2.35. The molecule has 1 unspecified atom stereocenters. The third-order valence-corrected chi connectivity index (χ3v) is 4.91. The number of benzene rings is 1. The maximum absolute atomic E-state index is 10.3. The van der Waals surface area contributed by atoms with E-state index in [0.29, 0.717) is 5.41 Å². The molecule has 19 heavy (non-hydrogen) atoms. The van der Waals surface area contributed by atoms with E-state index >= 15 is 0 Å². The number of hydrogen-bond acceptors (Lipinski definition) is 2. The Morgan fingerprint density at radius 2 is 1.84 bits per heavy atom. The lowest BCUT2D eigenvalue weighted by atomic mass is 9.82. The number of rotatable bonds is 5. The molecule has 1 aliphatic heterocycles. The Balaban J connectivity index is 1.93. The highest BCUT2D eigenvalue weighted by atomic mass is 16.3. The Hall–Kier alpha value is -0.860. The molecule has 0 aliphatic carbocycles. The third-order valence-electron chi connectivity index (χ3n) is 4.91. The zero-order chi connectivity index (χ0) is 13.9. The summed E-state index contributed by atoms with van der Waals surface area (Å²) in [5.41, 5.74) is 2.77. The molecule has 2 rings (SSSR count). The van der Waals surface area contributed by atoms with Crippen LogP contribution in [0.25, 0.3) is 0 Å². The molecule has 1 aromatic rings. The van der Waals surface area contributed by atoms with Crippen LogP contribution in [0.1, 0.15) is 50.3 Å². The van der Waals surface area contributed by atoms with Crippen molar-refractivity contribution < 1.29 is 5.11 Å². The van der Waals surface area contributed by atoms with Crippen LogP contribution in [0.3, 0.4) is 0 Å². The van der Waals surface area contributed by atoms with Crippen LogP contribution in [-0.4, -0.2) is 29.6 Å². The second-order valence-corrected chi connectivity index (χ2v) is 6.12. The summed E-state index contributed by atoms with van der Waals surface area (Å²) in [7, 11) is 0. The Morgan fingerprint density at radius 1 is 1.21 bits per heavy atom. The monoisotopic (exact) mass is 261 g/mol. The second kappa shape index (κ2) is 6.06. The standard InChI is InChI=1S/C17H27NO/c1-4-17(5-2)10-11-18(13-17)12-16(19)15-8-6-14(3)7-9-15/h6-9,16,19H,4-5,10-13H2,1-3H3. The molecule has 0 spiro atoms. The molecule has 2 heteroatoms. The van der Waals surface area contributed by atoms with E-state index in [0.717, 1.165) is 25.2 Å². The van der Waals surface area contributed by atoms with Crippen LogP contribution in [0.15, 0.2) is 24.3 Å². The van der Waals surface area contributed by atoms with Gasteiger partial charge in [-0.15, -0.1) is 0 Å². The van der Waals surface area contributed by atoms with Gasteiger partial charge >= 0.3 is 0 Å². The van der Waals surface area contributed by atoms with Crippen molar-refractivity contribution >= 4 is 0 Å². The number of aryl methyl sites for hydroxylation is 1. The van der Waals surface area contributed by atoms with Gasteiger partial charge in [-0.1, -0.05) is 43.7 Å². The van der Waals surface area contributed by atoms with Crippen molar-refractivity contribution in [3.05, 3.63) is 35.4 Å². The molecule has 1 atom stereocenters. The van der Waals surface area contributed by atoms with Gasteiger partial charge in [-0.05, 0) is 43.7 Å². The van der Waals surface area contributed by atoms with Gasteiger partial charge in [-0.2, -0.15) is 0 Å². The van der Waals surface area contributed by atoms with Crippen LogP contribution in [0.4, 0.5) is 0 Å². The molecule has 106 valence electrons. The first kappa shape index (κ1) is 14.5. The Bertz CT molecular complexity index is 394. The van der Waals surface area contributed by atoms with Gasteiger partial charge in [0.15, 0.2) is 0 Å². The minimum absolute atomic E-state index is 0.356. The minimum Gasteiger partial charge on any atom is -0.387 e. The van der Waals surface area contributed by atoms with Gasteiger partial charge in [0.05, 0.1) is 6.10 Å².